The third kappa shape index (κ3) is 2.17. The van der Waals surface area contributed by atoms with Crippen LogP contribution in [0.4, 0.5) is 0 Å². The summed E-state index contributed by atoms with van der Waals surface area (Å²) in [7, 11) is 0. The molecule has 0 saturated heterocycles. The molecular formula is C7H7N3OS. The molecule has 0 fully saturated rings. The van der Waals surface area contributed by atoms with E-state index < -0.39 is 0 Å². The van der Waals surface area contributed by atoms with Crippen LogP contribution in [0.25, 0.3) is 10.4 Å². The average molecular weight is 181 g/mol. The SMILES string of the molecule is [N-]=[N+]=NCc1ccccc1SO. The Kier molecular flexibility index (Phi) is 3.47. The topological polar surface area (TPSA) is 69.0 Å². The van der Waals surface area contributed by atoms with Crippen LogP contribution in [0.5, 0.6) is 0 Å². The molecule has 1 rings (SSSR count). The van der Waals surface area contributed by atoms with Crippen LogP contribution in [0, 0.1) is 0 Å². The van der Waals surface area contributed by atoms with Crippen LogP contribution in [0.15, 0.2) is 34.3 Å². The molecule has 0 amide bonds. The van der Waals surface area contributed by atoms with Gasteiger partial charge in [-0.15, -0.1) is 0 Å². The van der Waals surface area contributed by atoms with Gasteiger partial charge in [-0.3, -0.25) is 0 Å². The largest absolute Gasteiger partial charge is 0.325 e. The highest BCUT2D eigenvalue weighted by atomic mass is 32.2. The molecule has 1 aromatic carbocycles. The van der Waals surface area contributed by atoms with Gasteiger partial charge in [-0.1, -0.05) is 23.3 Å². The molecule has 0 unspecified atom stereocenters. The number of azide groups is 1. The first-order chi connectivity index (χ1) is 5.88. The fourth-order valence-corrected chi connectivity index (χ4v) is 1.22. The summed E-state index contributed by atoms with van der Waals surface area (Å²) in [6.45, 7) is 0.278. The summed E-state index contributed by atoms with van der Waals surface area (Å²) in [6, 6.07) is 7.24. The Morgan fingerprint density at radius 1 is 1.50 bits per heavy atom. The minimum absolute atomic E-state index is 0.278. The molecule has 0 aliphatic heterocycles. The van der Waals surface area contributed by atoms with Crippen molar-refractivity contribution in [3.63, 3.8) is 0 Å². The van der Waals surface area contributed by atoms with Crippen molar-refractivity contribution in [2.24, 2.45) is 5.11 Å². The van der Waals surface area contributed by atoms with Crippen LogP contribution in [-0.4, -0.2) is 4.55 Å². The second-order valence-corrected chi connectivity index (χ2v) is 2.71. The van der Waals surface area contributed by atoms with Crippen LogP contribution in [0.2, 0.25) is 0 Å². The molecule has 0 aliphatic rings. The first-order valence-electron chi connectivity index (χ1n) is 3.28. The van der Waals surface area contributed by atoms with E-state index in [-0.39, 0.29) is 6.54 Å². The second-order valence-electron chi connectivity index (χ2n) is 2.09. The summed E-state index contributed by atoms with van der Waals surface area (Å²) < 4.78 is 8.80. The minimum Gasteiger partial charge on any atom is -0.325 e. The second kappa shape index (κ2) is 4.66. The molecule has 62 valence electrons. The number of hydrogen-bond donors (Lipinski definition) is 1. The molecule has 0 heterocycles. The van der Waals surface area contributed by atoms with Gasteiger partial charge in [0.05, 0.1) is 6.54 Å². The van der Waals surface area contributed by atoms with Gasteiger partial charge in [-0.25, -0.2) is 0 Å². The van der Waals surface area contributed by atoms with Crippen molar-refractivity contribution < 1.29 is 4.55 Å². The predicted octanol–water partition coefficient (Wildman–Crippen LogP) is 3.06. The molecule has 0 atom stereocenters. The van der Waals surface area contributed by atoms with Crippen molar-refractivity contribution >= 4 is 12.0 Å². The fraction of sp³-hybridized carbons (Fsp3) is 0.143. The Morgan fingerprint density at radius 2 is 2.25 bits per heavy atom. The lowest BCUT2D eigenvalue weighted by Gasteiger charge is -2.00. The molecule has 0 saturated carbocycles. The van der Waals surface area contributed by atoms with E-state index in [2.05, 4.69) is 10.0 Å². The van der Waals surface area contributed by atoms with Gasteiger partial charge in [0.25, 0.3) is 0 Å². The Bertz CT molecular complexity index is 309. The van der Waals surface area contributed by atoms with Gasteiger partial charge in [0.1, 0.15) is 0 Å². The summed E-state index contributed by atoms with van der Waals surface area (Å²) in [6.07, 6.45) is 0. The highest BCUT2D eigenvalue weighted by Gasteiger charge is 1.98. The lowest BCUT2D eigenvalue weighted by atomic mass is 10.2. The van der Waals surface area contributed by atoms with E-state index in [4.69, 9.17) is 10.1 Å². The Labute approximate surface area is 74.1 Å². The predicted molar refractivity (Wildman–Crippen MR) is 47.8 cm³/mol. The third-order valence-electron chi connectivity index (χ3n) is 1.38. The summed E-state index contributed by atoms with van der Waals surface area (Å²) in [5.74, 6) is 0. The van der Waals surface area contributed by atoms with E-state index in [0.29, 0.717) is 12.0 Å². The van der Waals surface area contributed by atoms with E-state index in [0.717, 1.165) is 10.5 Å². The summed E-state index contributed by atoms with van der Waals surface area (Å²) in [4.78, 5) is 3.37. The van der Waals surface area contributed by atoms with Crippen LogP contribution in [0.3, 0.4) is 0 Å². The molecule has 0 aliphatic carbocycles. The molecule has 0 spiro atoms. The smallest absolute Gasteiger partial charge is 0.0522 e. The van der Waals surface area contributed by atoms with Gasteiger partial charge in [0, 0.05) is 21.8 Å². The Morgan fingerprint density at radius 3 is 2.92 bits per heavy atom. The number of rotatable bonds is 3. The molecular weight excluding hydrogens is 174 g/mol. The minimum atomic E-state index is 0.278. The van der Waals surface area contributed by atoms with Gasteiger partial charge in [0.15, 0.2) is 0 Å². The summed E-state index contributed by atoms with van der Waals surface area (Å²) in [5, 5.41) is 3.41. The molecule has 12 heavy (non-hydrogen) atoms. The van der Waals surface area contributed by atoms with Crippen molar-refractivity contribution in [1.82, 2.24) is 0 Å². The molecule has 0 radical (unpaired) electrons. The van der Waals surface area contributed by atoms with Crippen molar-refractivity contribution in [2.45, 2.75) is 11.4 Å². The molecule has 4 nitrogen and oxygen atoms in total. The monoisotopic (exact) mass is 181 g/mol. The van der Waals surface area contributed by atoms with Gasteiger partial charge in [0.2, 0.25) is 0 Å². The van der Waals surface area contributed by atoms with E-state index in [9.17, 15) is 0 Å². The van der Waals surface area contributed by atoms with Crippen molar-refractivity contribution in [3.05, 3.63) is 40.3 Å². The van der Waals surface area contributed by atoms with Crippen LogP contribution >= 0.6 is 12.0 Å². The quantitative estimate of drug-likeness (QED) is 0.337. The van der Waals surface area contributed by atoms with Crippen molar-refractivity contribution in [1.29, 1.82) is 0 Å². The lowest BCUT2D eigenvalue weighted by Crippen LogP contribution is -1.83. The fourth-order valence-electron chi connectivity index (χ4n) is 0.831. The molecule has 5 heteroatoms. The highest BCUT2D eigenvalue weighted by Crippen LogP contribution is 2.19. The first-order valence-corrected chi connectivity index (χ1v) is 4.06. The van der Waals surface area contributed by atoms with Crippen LogP contribution < -0.4 is 0 Å². The third-order valence-corrected chi connectivity index (χ3v) is 1.97. The van der Waals surface area contributed by atoms with Gasteiger partial charge in [-0.05, 0) is 17.2 Å². The number of hydrogen-bond acceptors (Lipinski definition) is 3. The van der Waals surface area contributed by atoms with Crippen molar-refractivity contribution in [3.8, 4) is 0 Å². The van der Waals surface area contributed by atoms with E-state index in [1.54, 1.807) is 6.07 Å². The molecule has 1 aromatic rings. The summed E-state index contributed by atoms with van der Waals surface area (Å²) in [5.41, 5.74) is 8.92. The van der Waals surface area contributed by atoms with E-state index in [1.807, 2.05) is 18.2 Å². The number of nitrogens with zero attached hydrogens (tertiary/aromatic N) is 3. The van der Waals surface area contributed by atoms with Gasteiger partial charge < -0.3 is 4.55 Å². The molecule has 0 bridgehead atoms. The molecule has 0 aromatic heterocycles. The highest BCUT2D eigenvalue weighted by molar-refractivity contribution is 7.93. The van der Waals surface area contributed by atoms with Gasteiger partial charge >= 0.3 is 0 Å². The zero-order valence-corrected chi connectivity index (χ0v) is 7.03. The maximum Gasteiger partial charge on any atom is 0.0522 e. The Hall–Kier alpha value is -1.16. The first kappa shape index (κ1) is 8.93. The lowest BCUT2D eigenvalue weighted by molar-refractivity contribution is 0.662. The maximum absolute atomic E-state index is 8.80. The normalized spacial score (nSPS) is 9.08. The summed E-state index contributed by atoms with van der Waals surface area (Å²) >= 11 is 0.663. The van der Waals surface area contributed by atoms with Gasteiger partial charge in [-0.2, -0.15) is 0 Å². The van der Waals surface area contributed by atoms with E-state index in [1.165, 1.54) is 0 Å². The molecule has 1 N–H and O–H groups in total. The zero-order chi connectivity index (χ0) is 8.81. The zero-order valence-electron chi connectivity index (χ0n) is 6.21. The Balaban J connectivity index is 2.88. The number of benzene rings is 1. The van der Waals surface area contributed by atoms with Crippen LogP contribution in [0.1, 0.15) is 5.56 Å². The van der Waals surface area contributed by atoms with Crippen molar-refractivity contribution in [2.75, 3.05) is 0 Å². The maximum atomic E-state index is 8.80. The standard InChI is InChI=1S/C7H7N3OS/c8-10-9-5-6-3-1-2-4-7(6)12-11/h1-4,11H,5H2. The van der Waals surface area contributed by atoms with E-state index >= 15 is 0 Å². The van der Waals surface area contributed by atoms with Crippen LogP contribution in [-0.2, 0) is 6.54 Å². The average Bonchev–Trinajstić information content (AvgIpc) is 2.15.